The lowest BCUT2D eigenvalue weighted by molar-refractivity contribution is 0.0986. The van der Waals surface area contributed by atoms with Crippen LogP contribution in [0.25, 0.3) is 22.0 Å². The third-order valence-electron chi connectivity index (χ3n) is 7.49. The van der Waals surface area contributed by atoms with Gasteiger partial charge in [-0.2, -0.15) is 0 Å². The quantitative estimate of drug-likeness (QED) is 0.243. The van der Waals surface area contributed by atoms with E-state index in [4.69, 9.17) is 4.74 Å². The van der Waals surface area contributed by atoms with E-state index in [1.807, 2.05) is 53.6 Å². The van der Waals surface area contributed by atoms with E-state index in [0.29, 0.717) is 24.8 Å². The highest BCUT2D eigenvalue weighted by molar-refractivity contribution is 6.08. The van der Waals surface area contributed by atoms with Crippen LogP contribution in [-0.2, 0) is 0 Å². The van der Waals surface area contributed by atoms with Crippen LogP contribution in [0, 0.1) is 0 Å². The SMILES string of the molecule is CCN(CC)CCCOc1cc(C(=O)N2CC[C@H](C)Nc3ccccc32)ccc1-c1ccc2[nH]ccc2c1. The average Bonchev–Trinajstić information content (AvgIpc) is 3.35. The Hall–Kier alpha value is -3.77. The van der Waals surface area contributed by atoms with E-state index >= 15 is 0 Å². The molecule has 6 heteroatoms. The molecule has 3 aromatic carbocycles. The number of hydrogen-bond donors (Lipinski definition) is 2. The van der Waals surface area contributed by atoms with E-state index < -0.39 is 0 Å². The second kappa shape index (κ2) is 11.7. The van der Waals surface area contributed by atoms with Crippen LogP contribution >= 0.6 is 0 Å². The van der Waals surface area contributed by atoms with Crippen LogP contribution in [0.4, 0.5) is 11.4 Å². The van der Waals surface area contributed by atoms with Gasteiger partial charge in [0.25, 0.3) is 5.91 Å². The first-order valence-electron chi connectivity index (χ1n) is 13.8. The molecule has 0 fully saturated rings. The van der Waals surface area contributed by atoms with E-state index in [1.54, 1.807) is 0 Å². The number of aromatic nitrogens is 1. The Morgan fingerprint density at radius 1 is 1.05 bits per heavy atom. The van der Waals surface area contributed by atoms with Crippen molar-refractivity contribution in [2.75, 3.05) is 43.0 Å². The molecule has 0 radical (unpaired) electrons. The molecule has 1 aliphatic heterocycles. The van der Waals surface area contributed by atoms with Crippen LogP contribution < -0.4 is 15.0 Å². The molecule has 6 nitrogen and oxygen atoms in total. The number of carbonyl (C=O) groups is 1. The maximum Gasteiger partial charge on any atom is 0.258 e. The highest BCUT2D eigenvalue weighted by Crippen LogP contribution is 2.35. The number of carbonyl (C=O) groups excluding carboxylic acids is 1. The second-order valence-electron chi connectivity index (χ2n) is 10.0. The van der Waals surface area contributed by atoms with Crippen LogP contribution in [0.2, 0.25) is 0 Å². The predicted octanol–water partition coefficient (Wildman–Crippen LogP) is 6.80. The summed E-state index contributed by atoms with van der Waals surface area (Å²) in [5, 5.41) is 4.69. The van der Waals surface area contributed by atoms with E-state index in [2.05, 4.69) is 60.2 Å². The standard InChI is InChI=1S/C32H38N4O2/c1-4-35(5-2)18-8-20-38-31-22-26(11-13-27(31)24-12-14-28-25(21-24)15-17-33-28)32(37)36-19-16-23(3)34-29-9-6-7-10-30(29)36/h6-7,9-15,17,21-23,33-34H,4-5,8,16,18-20H2,1-3H3/t23-/m0/s1. The largest absolute Gasteiger partial charge is 0.493 e. The van der Waals surface area contributed by atoms with Crippen LogP contribution in [-0.4, -0.2) is 54.6 Å². The number of H-pyrrole nitrogens is 1. The molecule has 2 heterocycles. The van der Waals surface area contributed by atoms with Crippen LogP contribution in [0.1, 0.15) is 44.0 Å². The fourth-order valence-electron chi connectivity index (χ4n) is 5.22. The summed E-state index contributed by atoms with van der Waals surface area (Å²) in [6.45, 7) is 10.9. The summed E-state index contributed by atoms with van der Waals surface area (Å²) < 4.78 is 6.40. The van der Waals surface area contributed by atoms with Crippen molar-refractivity contribution in [1.29, 1.82) is 0 Å². The van der Waals surface area contributed by atoms with E-state index in [1.165, 1.54) is 0 Å². The smallest absolute Gasteiger partial charge is 0.258 e. The third kappa shape index (κ3) is 5.55. The van der Waals surface area contributed by atoms with Gasteiger partial charge in [0.05, 0.1) is 18.0 Å². The predicted molar refractivity (Wildman–Crippen MR) is 157 cm³/mol. The van der Waals surface area contributed by atoms with Gasteiger partial charge in [0, 0.05) is 42.0 Å². The molecule has 0 saturated heterocycles. The molecular weight excluding hydrogens is 472 g/mol. The van der Waals surface area contributed by atoms with Crippen molar-refractivity contribution in [3.63, 3.8) is 0 Å². The number of nitrogens with zero attached hydrogens (tertiary/aromatic N) is 2. The van der Waals surface area contributed by atoms with Gasteiger partial charge in [0.1, 0.15) is 5.75 Å². The molecular formula is C32H38N4O2. The summed E-state index contributed by atoms with van der Waals surface area (Å²) in [5.41, 5.74) is 5.73. The number of nitrogens with one attached hydrogen (secondary N) is 2. The molecule has 5 rings (SSSR count). The van der Waals surface area contributed by atoms with Crippen LogP contribution in [0.15, 0.2) is 72.9 Å². The minimum Gasteiger partial charge on any atom is -0.493 e. The van der Waals surface area contributed by atoms with Crippen molar-refractivity contribution in [3.05, 3.63) is 78.5 Å². The molecule has 0 bridgehead atoms. The summed E-state index contributed by atoms with van der Waals surface area (Å²) in [6.07, 6.45) is 3.76. The second-order valence-corrected chi connectivity index (χ2v) is 10.0. The zero-order valence-corrected chi connectivity index (χ0v) is 22.7. The van der Waals surface area contributed by atoms with Crippen molar-refractivity contribution in [3.8, 4) is 16.9 Å². The van der Waals surface area contributed by atoms with Gasteiger partial charge >= 0.3 is 0 Å². The summed E-state index contributed by atoms with van der Waals surface area (Å²) in [5.74, 6) is 0.744. The number of ether oxygens (including phenoxy) is 1. The van der Waals surface area contributed by atoms with Gasteiger partial charge < -0.3 is 24.8 Å². The Bertz CT molecular complexity index is 1390. The van der Waals surface area contributed by atoms with Crippen molar-refractivity contribution >= 4 is 28.2 Å². The van der Waals surface area contributed by atoms with Crippen LogP contribution in [0.3, 0.4) is 0 Å². The van der Waals surface area contributed by atoms with Gasteiger partial charge in [-0.05, 0) is 92.3 Å². The van der Waals surface area contributed by atoms with E-state index in [9.17, 15) is 4.79 Å². The highest BCUT2D eigenvalue weighted by Gasteiger charge is 2.25. The summed E-state index contributed by atoms with van der Waals surface area (Å²) >= 11 is 0. The van der Waals surface area contributed by atoms with Crippen molar-refractivity contribution in [2.24, 2.45) is 0 Å². The monoisotopic (exact) mass is 510 g/mol. The molecule has 1 aliphatic rings. The first-order valence-corrected chi connectivity index (χ1v) is 13.8. The summed E-state index contributed by atoms with van der Waals surface area (Å²) in [4.78, 5) is 21.5. The molecule has 38 heavy (non-hydrogen) atoms. The first-order chi connectivity index (χ1) is 18.6. The lowest BCUT2D eigenvalue weighted by Gasteiger charge is -2.23. The zero-order chi connectivity index (χ0) is 26.5. The molecule has 0 spiro atoms. The minimum atomic E-state index is -0.00558. The highest BCUT2D eigenvalue weighted by atomic mass is 16.5. The van der Waals surface area contributed by atoms with Gasteiger partial charge in [-0.1, -0.05) is 32.0 Å². The Morgan fingerprint density at radius 2 is 1.89 bits per heavy atom. The van der Waals surface area contributed by atoms with Gasteiger partial charge in [0.15, 0.2) is 0 Å². The number of fused-ring (bicyclic) bond motifs is 2. The zero-order valence-electron chi connectivity index (χ0n) is 22.7. The number of rotatable bonds is 9. The maximum absolute atomic E-state index is 13.9. The van der Waals surface area contributed by atoms with Crippen molar-refractivity contribution in [2.45, 2.75) is 39.7 Å². The Labute approximate surface area is 225 Å². The average molecular weight is 511 g/mol. The molecule has 0 unspecified atom stereocenters. The Morgan fingerprint density at radius 3 is 2.74 bits per heavy atom. The molecule has 1 atom stereocenters. The molecule has 1 amide bonds. The molecule has 2 N–H and O–H groups in total. The summed E-state index contributed by atoms with van der Waals surface area (Å²) in [7, 11) is 0. The third-order valence-corrected chi connectivity index (χ3v) is 7.49. The van der Waals surface area contributed by atoms with Crippen molar-refractivity contribution in [1.82, 2.24) is 9.88 Å². The first kappa shape index (κ1) is 25.9. The normalized spacial score (nSPS) is 15.3. The lowest BCUT2D eigenvalue weighted by Crippen LogP contribution is -2.32. The fraction of sp³-hybridized carbons (Fsp3) is 0.344. The number of hydrogen-bond acceptors (Lipinski definition) is 4. The summed E-state index contributed by atoms with van der Waals surface area (Å²) in [6, 6.07) is 22.7. The van der Waals surface area contributed by atoms with E-state index in [0.717, 1.165) is 71.6 Å². The molecule has 1 aromatic heterocycles. The fourth-order valence-corrected chi connectivity index (χ4v) is 5.22. The van der Waals surface area contributed by atoms with Crippen LogP contribution in [0.5, 0.6) is 5.75 Å². The number of amides is 1. The maximum atomic E-state index is 13.9. The van der Waals surface area contributed by atoms with Gasteiger partial charge in [-0.3, -0.25) is 4.79 Å². The van der Waals surface area contributed by atoms with E-state index in [-0.39, 0.29) is 5.91 Å². The van der Waals surface area contributed by atoms with Gasteiger partial charge in [0.2, 0.25) is 0 Å². The molecule has 198 valence electrons. The van der Waals surface area contributed by atoms with Gasteiger partial charge in [-0.25, -0.2) is 0 Å². The number of para-hydroxylation sites is 2. The number of aromatic amines is 1. The Balaban J connectivity index is 1.46. The Kier molecular flexibility index (Phi) is 7.99. The minimum absolute atomic E-state index is 0.00558. The lowest BCUT2D eigenvalue weighted by atomic mass is 10.0. The molecule has 4 aromatic rings. The topological polar surface area (TPSA) is 60.6 Å². The molecule has 0 saturated carbocycles. The number of benzene rings is 3. The molecule has 0 aliphatic carbocycles. The number of anilines is 2. The van der Waals surface area contributed by atoms with Gasteiger partial charge in [-0.15, -0.1) is 0 Å². The van der Waals surface area contributed by atoms with Crippen molar-refractivity contribution < 1.29 is 9.53 Å².